The molecule has 26 heavy (non-hydrogen) atoms. The van der Waals surface area contributed by atoms with Gasteiger partial charge in [-0.05, 0) is 59.2 Å². The van der Waals surface area contributed by atoms with Gasteiger partial charge in [-0.25, -0.2) is 4.68 Å². The lowest BCUT2D eigenvalue weighted by Gasteiger charge is -2.36. The van der Waals surface area contributed by atoms with E-state index in [0.29, 0.717) is 0 Å². The quantitative estimate of drug-likeness (QED) is 0.665. The Hall–Kier alpha value is -2.05. The van der Waals surface area contributed by atoms with E-state index in [1.54, 1.807) is 11.3 Å². The predicted octanol–water partition coefficient (Wildman–Crippen LogP) is 3.80. The Labute approximate surface area is 158 Å². The topological polar surface area (TPSA) is 46.8 Å². The molecule has 0 N–H and O–H groups in total. The lowest BCUT2D eigenvalue weighted by atomic mass is 9.98. The standard InChI is InChI=1S/C20H25N5S/c1-16-7-5-12-24(15-16)19(18-10-6-14-26-18)20-21-22-23-25(20)13-11-17-8-3-2-4-9-17/h2-4,6,8-10,14,16,19H,5,7,11-13,15H2,1H3/t16-,19+/m1/s1. The van der Waals surface area contributed by atoms with Crippen LogP contribution in [0.15, 0.2) is 47.8 Å². The minimum absolute atomic E-state index is 0.156. The normalized spacial score (nSPS) is 19.5. The number of piperidine rings is 1. The number of thiophene rings is 1. The molecule has 3 aromatic rings. The van der Waals surface area contributed by atoms with Crippen LogP contribution in [0.2, 0.25) is 0 Å². The smallest absolute Gasteiger partial charge is 0.173 e. The van der Waals surface area contributed by atoms with Crippen molar-refractivity contribution in [1.82, 2.24) is 25.1 Å². The Kier molecular flexibility index (Phi) is 5.41. The maximum absolute atomic E-state index is 4.45. The summed E-state index contributed by atoms with van der Waals surface area (Å²) in [5.41, 5.74) is 1.31. The fourth-order valence-electron chi connectivity index (χ4n) is 3.82. The lowest BCUT2D eigenvalue weighted by Crippen LogP contribution is -2.38. The van der Waals surface area contributed by atoms with Crippen molar-refractivity contribution in [3.8, 4) is 0 Å². The van der Waals surface area contributed by atoms with E-state index in [9.17, 15) is 0 Å². The van der Waals surface area contributed by atoms with Crippen molar-refractivity contribution in [3.05, 3.63) is 64.1 Å². The molecule has 2 atom stereocenters. The summed E-state index contributed by atoms with van der Waals surface area (Å²) in [6.45, 7) is 5.36. The second-order valence-corrected chi connectivity index (χ2v) is 8.14. The molecule has 0 spiro atoms. The third-order valence-corrected chi connectivity index (χ3v) is 6.05. The highest BCUT2D eigenvalue weighted by Gasteiger charge is 2.31. The molecule has 0 radical (unpaired) electrons. The van der Waals surface area contributed by atoms with Gasteiger partial charge in [0.25, 0.3) is 0 Å². The Morgan fingerprint density at radius 2 is 2.08 bits per heavy atom. The molecule has 2 aromatic heterocycles. The second kappa shape index (κ2) is 8.10. The number of tetrazole rings is 1. The number of benzene rings is 1. The molecule has 5 nitrogen and oxygen atoms in total. The Balaban J connectivity index is 1.59. The molecule has 1 fully saturated rings. The van der Waals surface area contributed by atoms with E-state index < -0.39 is 0 Å². The molecule has 4 rings (SSSR count). The highest BCUT2D eigenvalue weighted by molar-refractivity contribution is 7.10. The van der Waals surface area contributed by atoms with Crippen LogP contribution in [0, 0.1) is 5.92 Å². The first kappa shape index (κ1) is 17.4. The van der Waals surface area contributed by atoms with Crippen LogP contribution in [-0.4, -0.2) is 38.2 Å². The summed E-state index contributed by atoms with van der Waals surface area (Å²) in [7, 11) is 0. The molecule has 0 bridgehead atoms. The van der Waals surface area contributed by atoms with Crippen molar-refractivity contribution in [2.45, 2.75) is 38.8 Å². The molecular weight excluding hydrogens is 342 g/mol. The fraction of sp³-hybridized carbons (Fsp3) is 0.450. The maximum atomic E-state index is 4.45. The molecule has 0 saturated carbocycles. The fourth-order valence-corrected chi connectivity index (χ4v) is 4.68. The van der Waals surface area contributed by atoms with Gasteiger partial charge in [-0.15, -0.1) is 16.4 Å². The van der Waals surface area contributed by atoms with E-state index in [1.807, 2.05) is 4.68 Å². The van der Waals surface area contributed by atoms with E-state index in [1.165, 1.54) is 23.3 Å². The minimum Gasteiger partial charge on any atom is -0.289 e. The van der Waals surface area contributed by atoms with Crippen LogP contribution in [0.25, 0.3) is 0 Å². The summed E-state index contributed by atoms with van der Waals surface area (Å²) >= 11 is 1.80. The van der Waals surface area contributed by atoms with Gasteiger partial charge in [0.05, 0.1) is 0 Å². The first-order valence-corrected chi connectivity index (χ1v) is 10.3. The highest BCUT2D eigenvalue weighted by atomic mass is 32.1. The van der Waals surface area contributed by atoms with Crippen molar-refractivity contribution in [2.24, 2.45) is 5.92 Å². The van der Waals surface area contributed by atoms with Gasteiger partial charge in [-0.1, -0.05) is 43.3 Å². The number of rotatable bonds is 6. The van der Waals surface area contributed by atoms with Gasteiger partial charge in [0.15, 0.2) is 5.82 Å². The van der Waals surface area contributed by atoms with Gasteiger partial charge in [-0.3, -0.25) is 4.90 Å². The van der Waals surface area contributed by atoms with E-state index in [0.717, 1.165) is 37.8 Å². The van der Waals surface area contributed by atoms with Crippen molar-refractivity contribution in [2.75, 3.05) is 13.1 Å². The molecule has 3 heterocycles. The zero-order valence-corrected chi connectivity index (χ0v) is 16.0. The number of aryl methyl sites for hydroxylation is 2. The minimum atomic E-state index is 0.156. The Bertz CT molecular complexity index is 799. The summed E-state index contributed by atoms with van der Waals surface area (Å²) in [5, 5.41) is 14.9. The monoisotopic (exact) mass is 367 g/mol. The molecule has 0 amide bonds. The summed E-state index contributed by atoms with van der Waals surface area (Å²) in [6, 6.07) is 15.0. The van der Waals surface area contributed by atoms with Gasteiger partial charge in [0.1, 0.15) is 6.04 Å². The molecular formula is C20H25N5S. The van der Waals surface area contributed by atoms with Crippen LogP contribution in [0.5, 0.6) is 0 Å². The Morgan fingerprint density at radius 3 is 2.85 bits per heavy atom. The average Bonchev–Trinajstić information content (AvgIpc) is 3.34. The number of likely N-dealkylation sites (tertiary alicyclic amines) is 1. The number of aromatic nitrogens is 4. The van der Waals surface area contributed by atoms with Gasteiger partial charge in [0, 0.05) is 18.0 Å². The number of hydrogen-bond acceptors (Lipinski definition) is 5. The summed E-state index contributed by atoms with van der Waals surface area (Å²) in [5.74, 6) is 1.69. The second-order valence-electron chi connectivity index (χ2n) is 7.16. The van der Waals surface area contributed by atoms with Crippen LogP contribution in [-0.2, 0) is 13.0 Å². The number of nitrogens with zero attached hydrogens (tertiary/aromatic N) is 5. The predicted molar refractivity (Wildman–Crippen MR) is 104 cm³/mol. The first-order chi connectivity index (χ1) is 12.8. The Morgan fingerprint density at radius 1 is 1.19 bits per heavy atom. The summed E-state index contributed by atoms with van der Waals surface area (Å²) in [4.78, 5) is 3.89. The van der Waals surface area contributed by atoms with Crippen molar-refractivity contribution >= 4 is 11.3 Å². The molecule has 6 heteroatoms. The van der Waals surface area contributed by atoms with Gasteiger partial charge >= 0.3 is 0 Å². The average molecular weight is 368 g/mol. The third kappa shape index (κ3) is 3.86. The van der Waals surface area contributed by atoms with E-state index in [2.05, 4.69) is 75.2 Å². The van der Waals surface area contributed by atoms with Crippen LogP contribution >= 0.6 is 11.3 Å². The maximum Gasteiger partial charge on any atom is 0.173 e. The number of hydrogen-bond donors (Lipinski definition) is 0. The molecule has 1 saturated heterocycles. The van der Waals surface area contributed by atoms with Crippen molar-refractivity contribution in [1.29, 1.82) is 0 Å². The van der Waals surface area contributed by atoms with Crippen LogP contribution in [0.4, 0.5) is 0 Å². The van der Waals surface area contributed by atoms with Crippen LogP contribution < -0.4 is 0 Å². The summed E-state index contributed by atoms with van der Waals surface area (Å²) < 4.78 is 2.00. The lowest BCUT2D eigenvalue weighted by molar-refractivity contribution is 0.143. The highest BCUT2D eigenvalue weighted by Crippen LogP contribution is 2.33. The molecule has 1 aliphatic heterocycles. The van der Waals surface area contributed by atoms with Gasteiger partial charge in [-0.2, -0.15) is 0 Å². The third-order valence-electron chi connectivity index (χ3n) is 5.13. The molecule has 1 aromatic carbocycles. The molecule has 136 valence electrons. The van der Waals surface area contributed by atoms with Gasteiger partial charge < -0.3 is 0 Å². The molecule has 0 unspecified atom stereocenters. The summed E-state index contributed by atoms with van der Waals surface area (Å²) in [6.07, 6.45) is 3.49. The largest absolute Gasteiger partial charge is 0.289 e. The van der Waals surface area contributed by atoms with E-state index in [4.69, 9.17) is 0 Å². The van der Waals surface area contributed by atoms with Crippen LogP contribution in [0.3, 0.4) is 0 Å². The first-order valence-electron chi connectivity index (χ1n) is 9.38. The van der Waals surface area contributed by atoms with Gasteiger partial charge in [0.2, 0.25) is 0 Å². The zero-order chi connectivity index (χ0) is 17.8. The SMILES string of the molecule is C[C@@H]1CCCN([C@@H](c2cccs2)c2nnnn2CCc2ccccc2)C1. The van der Waals surface area contributed by atoms with Crippen molar-refractivity contribution < 1.29 is 0 Å². The molecule has 0 aliphatic carbocycles. The van der Waals surface area contributed by atoms with E-state index in [-0.39, 0.29) is 6.04 Å². The van der Waals surface area contributed by atoms with E-state index >= 15 is 0 Å². The van der Waals surface area contributed by atoms with Crippen molar-refractivity contribution in [3.63, 3.8) is 0 Å². The zero-order valence-electron chi connectivity index (χ0n) is 15.2. The molecule has 1 aliphatic rings. The van der Waals surface area contributed by atoms with Crippen LogP contribution in [0.1, 0.15) is 42.1 Å².